The van der Waals surface area contributed by atoms with Gasteiger partial charge in [-0.15, -0.1) is 0 Å². The van der Waals surface area contributed by atoms with Crippen molar-refractivity contribution in [3.05, 3.63) is 34.3 Å². The summed E-state index contributed by atoms with van der Waals surface area (Å²) in [4.78, 5) is 2.40. The van der Waals surface area contributed by atoms with E-state index in [0.29, 0.717) is 6.04 Å². The van der Waals surface area contributed by atoms with Gasteiger partial charge >= 0.3 is 0 Å². The minimum absolute atomic E-state index is 0.360. The van der Waals surface area contributed by atoms with Gasteiger partial charge < -0.3 is 5.73 Å². The Kier molecular flexibility index (Phi) is 3.29. The second-order valence-electron chi connectivity index (χ2n) is 4.37. The van der Waals surface area contributed by atoms with Gasteiger partial charge in [-0.25, -0.2) is 0 Å². The van der Waals surface area contributed by atoms with Crippen LogP contribution in [0.15, 0.2) is 18.2 Å². The van der Waals surface area contributed by atoms with Gasteiger partial charge in [0.15, 0.2) is 0 Å². The van der Waals surface area contributed by atoms with E-state index < -0.39 is 0 Å². The fraction of sp³-hybridized carbons (Fsp3) is 0.500. The molecule has 0 saturated carbocycles. The lowest BCUT2D eigenvalue weighted by molar-refractivity contribution is 0.327. The predicted octanol–water partition coefficient (Wildman–Crippen LogP) is 2.18. The van der Waals surface area contributed by atoms with Crippen LogP contribution >= 0.6 is 11.6 Å². The van der Waals surface area contributed by atoms with Crippen LogP contribution in [0.5, 0.6) is 0 Å². The third-order valence-corrected chi connectivity index (χ3v) is 3.36. The Balaban J connectivity index is 2.02. The molecule has 0 aliphatic carbocycles. The maximum atomic E-state index is 5.99. The highest BCUT2D eigenvalue weighted by molar-refractivity contribution is 6.31. The summed E-state index contributed by atoms with van der Waals surface area (Å²) in [6, 6.07) is 6.59. The summed E-state index contributed by atoms with van der Waals surface area (Å²) in [6.45, 7) is 5.16. The van der Waals surface area contributed by atoms with Crippen LogP contribution in [0.25, 0.3) is 0 Å². The Morgan fingerprint density at radius 3 is 2.93 bits per heavy atom. The summed E-state index contributed by atoms with van der Waals surface area (Å²) < 4.78 is 0. The van der Waals surface area contributed by atoms with Gasteiger partial charge in [-0.2, -0.15) is 0 Å². The quantitative estimate of drug-likeness (QED) is 0.835. The van der Waals surface area contributed by atoms with Crippen LogP contribution in [0.3, 0.4) is 0 Å². The Labute approximate surface area is 96.0 Å². The Bertz CT molecular complexity index is 351. The van der Waals surface area contributed by atoms with Crippen molar-refractivity contribution in [1.29, 1.82) is 0 Å². The van der Waals surface area contributed by atoms with Crippen molar-refractivity contribution < 1.29 is 0 Å². The monoisotopic (exact) mass is 224 g/mol. The number of hydrogen-bond acceptors (Lipinski definition) is 2. The highest BCUT2D eigenvalue weighted by atomic mass is 35.5. The predicted molar refractivity (Wildman–Crippen MR) is 64.1 cm³/mol. The Morgan fingerprint density at radius 1 is 1.53 bits per heavy atom. The molecule has 1 aromatic rings. The lowest BCUT2D eigenvalue weighted by atomic mass is 10.1. The number of halogens is 1. The van der Waals surface area contributed by atoms with E-state index in [1.807, 2.05) is 13.0 Å². The minimum atomic E-state index is 0.360. The van der Waals surface area contributed by atoms with E-state index in [1.54, 1.807) is 0 Å². The molecule has 1 aromatic carbocycles. The smallest absolute Gasteiger partial charge is 0.0435 e. The SMILES string of the molecule is Cc1cc(CN2CC[C@H](N)C2)ccc1Cl. The topological polar surface area (TPSA) is 29.3 Å². The average Bonchev–Trinajstić information content (AvgIpc) is 2.58. The summed E-state index contributed by atoms with van der Waals surface area (Å²) in [6.07, 6.45) is 1.12. The number of benzene rings is 1. The first-order valence-electron chi connectivity index (χ1n) is 5.38. The molecule has 1 fully saturated rings. The zero-order valence-corrected chi connectivity index (χ0v) is 9.80. The largest absolute Gasteiger partial charge is 0.326 e. The molecule has 0 spiro atoms. The molecule has 3 heteroatoms. The van der Waals surface area contributed by atoms with E-state index in [1.165, 1.54) is 5.56 Å². The van der Waals surface area contributed by atoms with Crippen LogP contribution in [0, 0.1) is 6.92 Å². The zero-order valence-electron chi connectivity index (χ0n) is 9.04. The van der Waals surface area contributed by atoms with Gasteiger partial charge in [0, 0.05) is 30.7 Å². The van der Waals surface area contributed by atoms with Crippen LogP contribution in [0.1, 0.15) is 17.5 Å². The van der Waals surface area contributed by atoms with Gasteiger partial charge in [0.25, 0.3) is 0 Å². The maximum absolute atomic E-state index is 5.99. The second-order valence-corrected chi connectivity index (χ2v) is 4.77. The molecule has 2 nitrogen and oxygen atoms in total. The molecule has 2 N–H and O–H groups in total. The standard InChI is InChI=1S/C12H17ClN2/c1-9-6-10(2-3-12(9)13)7-15-5-4-11(14)8-15/h2-3,6,11H,4-5,7-8,14H2,1H3/t11-/m0/s1. The van der Waals surface area contributed by atoms with Crippen LogP contribution in [-0.4, -0.2) is 24.0 Å². The molecular weight excluding hydrogens is 208 g/mol. The number of aryl methyl sites for hydroxylation is 1. The number of nitrogens with two attached hydrogens (primary N) is 1. The third-order valence-electron chi connectivity index (χ3n) is 2.94. The van der Waals surface area contributed by atoms with Gasteiger partial charge in [-0.05, 0) is 30.5 Å². The first kappa shape index (κ1) is 10.9. The van der Waals surface area contributed by atoms with Crippen molar-refractivity contribution in [3.8, 4) is 0 Å². The zero-order chi connectivity index (χ0) is 10.8. The van der Waals surface area contributed by atoms with Crippen LogP contribution in [-0.2, 0) is 6.54 Å². The molecular formula is C12H17ClN2. The van der Waals surface area contributed by atoms with Gasteiger partial charge in [-0.1, -0.05) is 23.7 Å². The average molecular weight is 225 g/mol. The second kappa shape index (κ2) is 4.52. The molecule has 1 atom stereocenters. The fourth-order valence-corrected chi connectivity index (χ4v) is 2.19. The van der Waals surface area contributed by atoms with Crippen molar-refractivity contribution in [2.45, 2.75) is 25.9 Å². The maximum Gasteiger partial charge on any atom is 0.0435 e. The van der Waals surface area contributed by atoms with Crippen molar-refractivity contribution in [2.75, 3.05) is 13.1 Å². The van der Waals surface area contributed by atoms with E-state index >= 15 is 0 Å². The number of likely N-dealkylation sites (tertiary alicyclic amines) is 1. The lowest BCUT2D eigenvalue weighted by Gasteiger charge is -2.15. The summed E-state index contributed by atoms with van der Waals surface area (Å²) in [5.41, 5.74) is 8.35. The van der Waals surface area contributed by atoms with Gasteiger partial charge in [0.1, 0.15) is 0 Å². The number of hydrogen-bond donors (Lipinski definition) is 1. The fourth-order valence-electron chi connectivity index (χ4n) is 2.07. The molecule has 2 rings (SSSR count). The van der Waals surface area contributed by atoms with Crippen molar-refractivity contribution in [2.24, 2.45) is 5.73 Å². The van der Waals surface area contributed by atoms with Gasteiger partial charge in [0.05, 0.1) is 0 Å². The Morgan fingerprint density at radius 2 is 2.33 bits per heavy atom. The molecule has 15 heavy (non-hydrogen) atoms. The molecule has 0 bridgehead atoms. The highest BCUT2D eigenvalue weighted by Gasteiger charge is 2.18. The first-order chi connectivity index (χ1) is 7.15. The molecule has 82 valence electrons. The third kappa shape index (κ3) is 2.71. The Hall–Kier alpha value is -0.570. The van der Waals surface area contributed by atoms with Crippen molar-refractivity contribution in [3.63, 3.8) is 0 Å². The van der Waals surface area contributed by atoms with E-state index in [4.69, 9.17) is 17.3 Å². The molecule has 1 aliphatic heterocycles. The van der Waals surface area contributed by atoms with Gasteiger partial charge in [0.2, 0.25) is 0 Å². The van der Waals surface area contributed by atoms with E-state index in [0.717, 1.165) is 36.6 Å². The van der Waals surface area contributed by atoms with Crippen molar-refractivity contribution in [1.82, 2.24) is 4.90 Å². The van der Waals surface area contributed by atoms with Gasteiger partial charge in [-0.3, -0.25) is 4.90 Å². The lowest BCUT2D eigenvalue weighted by Crippen LogP contribution is -2.26. The summed E-state index contributed by atoms with van der Waals surface area (Å²) >= 11 is 5.99. The normalized spacial score (nSPS) is 22.2. The number of nitrogens with zero attached hydrogens (tertiary/aromatic N) is 1. The highest BCUT2D eigenvalue weighted by Crippen LogP contribution is 2.18. The summed E-state index contributed by atoms with van der Waals surface area (Å²) in [5.74, 6) is 0. The van der Waals surface area contributed by atoms with E-state index in [9.17, 15) is 0 Å². The molecule has 0 unspecified atom stereocenters. The molecule has 1 heterocycles. The molecule has 0 aromatic heterocycles. The van der Waals surface area contributed by atoms with Crippen molar-refractivity contribution >= 4 is 11.6 Å². The molecule has 1 saturated heterocycles. The molecule has 1 aliphatic rings. The van der Waals surface area contributed by atoms with Crippen LogP contribution in [0.4, 0.5) is 0 Å². The summed E-state index contributed by atoms with van der Waals surface area (Å²) in [5, 5.41) is 0.844. The van der Waals surface area contributed by atoms with Crippen LogP contribution in [0.2, 0.25) is 5.02 Å². The summed E-state index contributed by atoms with van der Waals surface area (Å²) in [7, 11) is 0. The molecule has 0 amide bonds. The first-order valence-corrected chi connectivity index (χ1v) is 5.76. The number of rotatable bonds is 2. The van der Waals surface area contributed by atoms with Crippen LogP contribution < -0.4 is 5.73 Å². The molecule has 0 radical (unpaired) electrons. The van der Waals surface area contributed by atoms with E-state index in [2.05, 4.69) is 17.0 Å². The minimum Gasteiger partial charge on any atom is -0.326 e. The van der Waals surface area contributed by atoms with E-state index in [-0.39, 0.29) is 0 Å².